The van der Waals surface area contributed by atoms with Gasteiger partial charge in [-0.3, -0.25) is 15.0 Å². The zero-order valence-corrected chi connectivity index (χ0v) is 16.6. The number of methoxy groups -OCH3 is 1. The van der Waals surface area contributed by atoms with Crippen LogP contribution < -0.4 is 15.0 Å². The highest BCUT2D eigenvalue weighted by molar-refractivity contribution is 5.95. The van der Waals surface area contributed by atoms with Crippen LogP contribution in [0.4, 0.5) is 0 Å². The predicted octanol–water partition coefficient (Wildman–Crippen LogP) is 4.28. The van der Waals surface area contributed by atoms with Crippen LogP contribution in [-0.2, 0) is 4.79 Å². The van der Waals surface area contributed by atoms with Crippen molar-refractivity contribution >= 4 is 22.4 Å². The smallest absolute Gasteiger partial charge is 0.243 e. The van der Waals surface area contributed by atoms with Crippen LogP contribution in [0.15, 0.2) is 55.1 Å². The Morgan fingerprint density at radius 3 is 2.72 bits per heavy atom. The number of carbonyl (C=O) groups is 1. The second kappa shape index (κ2) is 9.21. The van der Waals surface area contributed by atoms with Crippen molar-refractivity contribution in [2.75, 3.05) is 13.7 Å². The lowest BCUT2D eigenvalue weighted by Gasteiger charge is -2.15. The number of aromatic nitrogens is 1. The van der Waals surface area contributed by atoms with Gasteiger partial charge in [-0.1, -0.05) is 30.8 Å². The second-order valence-electron chi connectivity index (χ2n) is 6.66. The summed E-state index contributed by atoms with van der Waals surface area (Å²) in [5.41, 5.74) is 6.25. The van der Waals surface area contributed by atoms with Crippen molar-refractivity contribution in [2.45, 2.75) is 19.8 Å². The Balaban J connectivity index is 1.87. The number of carbonyl (C=O) groups excluding carboxylic acids is 1. The number of nitrogens with one attached hydrogen (secondary N) is 1. The summed E-state index contributed by atoms with van der Waals surface area (Å²) in [5, 5.41) is 9.60. The van der Waals surface area contributed by atoms with Crippen molar-refractivity contribution in [3.63, 3.8) is 0 Å². The number of hydroxylamine groups is 1. The zero-order chi connectivity index (χ0) is 20.8. The van der Waals surface area contributed by atoms with Gasteiger partial charge in [-0.25, -0.2) is 5.48 Å². The molecule has 150 valence electrons. The highest BCUT2D eigenvalue weighted by Crippen LogP contribution is 2.34. The van der Waals surface area contributed by atoms with E-state index in [1.54, 1.807) is 12.6 Å². The molecule has 0 aliphatic heterocycles. The summed E-state index contributed by atoms with van der Waals surface area (Å²) in [6.07, 6.45) is 0.641. The van der Waals surface area contributed by atoms with Gasteiger partial charge in [0.2, 0.25) is 5.91 Å². The molecule has 0 radical (unpaired) electrons. The normalized spacial score (nSPS) is 10.6. The third-order valence-electron chi connectivity index (χ3n) is 4.61. The highest BCUT2D eigenvalue weighted by atomic mass is 16.5. The van der Waals surface area contributed by atoms with E-state index in [1.165, 1.54) is 0 Å². The molecule has 0 atom stereocenters. The number of nitrogens with zero attached hydrogens (tertiary/aromatic N) is 1. The first-order valence-corrected chi connectivity index (χ1v) is 9.33. The van der Waals surface area contributed by atoms with E-state index in [0.29, 0.717) is 24.5 Å². The van der Waals surface area contributed by atoms with Gasteiger partial charge >= 0.3 is 0 Å². The molecule has 1 aromatic heterocycles. The van der Waals surface area contributed by atoms with Gasteiger partial charge in [0.1, 0.15) is 0 Å². The van der Waals surface area contributed by atoms with Crippen LogP contribution in [0.25, 0.3) is 16.5 Å². The molecule has 2 N–H and O–H groups in total. The van der Waals surface area contributed by atoms with Crippen LogP contribution in [-0.4, -0.2) is 29.8 Å². The van der Waals surface area contributed by atoms with Crippen molar-refractivity contribution in [1.82, 2.24) is 10.5 Å². The van der Waals surface area contributed by atoms with E-state index in [1.807, 2.05) is 55.5 Å². The number of para-hydroxylation sites is 1. The van der Waals surface area contributed by atoms with Crippen LogP contribution in [0.5, 0.6) is 11.5 Å². The lowest BCUT2D eigenvalue weighted by Crippen LogP contribution is -2.18. The molecule has 0 spiro atoms. The van der Waals surface area contributed by atoms with E-state index in [-0.39, 0.29) is 6.42 Å². The number of rotatable bonds is 8. The van der Waals surface area contributed by atoms with E-state index >= 15 is 0 Å². The fourth-order valence-electron chi connectivity index (χ4n) is 3.16. The summed E-state index contributed by atoms with van der Waals surface area (Å²) in [4.78, 5) is 15.7. The van der Waals surface area contributed by atoms with E-state index in [0.717, 1.165) is 33.3 Å². The maximum atomic E-state index is 11.1. The Hall–Kier alpha value is -3.38. The quantitative estimate of drug-likeness (QED) is 0.340. The summed E-state index contributed by atoms with van der Waals surface area (Å²) >= 11 is 0. The number of hydrogen-bond donors (Lipinski definition) is 2. The van der Waals surface area contributed by atoms with Crippen molar-refractivity contribution < 1.29 is 19.5 Å². The molecule has 0 fully saturated rings. The van der Waals surface area contributed by atoms with Gasteiger partial charge in [-0.05, 0) is 54.3 Å². The molecule has 6 heteroatoms. The second-order valence-corrected chi connectivity index (χ2v) is 6.66. The maximum absolute atomic E-state index is 11.1. The minimum absolute atomic E-state index is 0.174. The SMILES string of the molecule is C=C(c1ccc(OC)c(OCCCC(=O)NO)c1)c1cc(C)nc2ccccc12. The first kappa shape index (κ1) is 20.4. The summed E-state index contributed by atoms with van der Waals surface area (Å²) in [6, 6.07) is 15.7. The lowest BCUT2D eigenvalue weighted by molar-refractivity contribution is -0.129. The van der Waals surface area contributed by atoms with Crippen LogP contribution in [0.2, 0.25) is 0 Å². The topological polar surface area (TPSA) is 80.7 Å². The Morgan fingerprint density at radius 2 is 1.97 bits per heavy atom. The number of fused-ring (bicyclic) bond motifs is 1. The molecule has 0 bridgehead atoms. The van der Waals surface area contributed by atoms with Crippen LogP contribution in [0, 0.1) is 6.92 Å². The first-order chi connectivity index (χ1) is 14.0. The molecule has 1 heterocycles. The molecular weight excluding hydrogens is 368 g/mol. The molecule has 29 heavy (non-hydrogen) atoms. The van der Waals surface area contributed by atoms with Crippen LogP contribution in [0.1, 0.15) is 29.7 Å². The van der Waals surface area contributed by atoms with Gasteiger partial charge in [0, 0.05) is 17.5 Å². The molecule has 2 aromatic carbocycles. The third kappa shape index (κ3) is 4.73. The average molecular weight is 392 g/mol. The van der Waals surface area contributed by atoms with E-state index < -0.39 is 5.91 Å². The highest BCUT2D eigenvalue weighted by Gasteiger charge is 2.13. The lowest BCUT2D eigenvalue weighted by atomic mass is 9.95. The van der Waals surface area contributed by atoms with E-state index in [4.69, 9.17) is 14.7 Å². The number of pyridine rings is 1. The summed E-state index contributed by atoms with van der Waals surface area (Å²) in [7, 11) is 1.58. The summed E-state index contributed by atoms with van der Waals surface area (Å²) < 4.78 is 11.2. The van der Waals surface area contributed by atoms with Gasteiger partial charge in [-0.2, -0.15) is 0 Å². The standard InChI is InChI=1S/C23H24N2O4/c1-15-13-19(18-7-4-5-8-20(18)24-15)16(2)17-10-11-21(28-3)22(14-17)29-12-6-9-23(26)25-27/h4-5,7-8,10-11,13-14,27H,2,6,9,12H2,1,3H3,(H,25,26). The van der Waals surface area contributed by atoms with Gasteiger partial charge in [0.25, 0.3) is 0 Å². The molecule has 0 aliphatic rings. The number of amides is 1. The average Bonchev–Trinajstić information content (AvgIpc) is 2.75. The molecule has 0 aliphatic carbocycles. The van der Waals surface area contributed by atoms with Gasteiger partial charge < -0.3 is 9.47 Å². The van der Waals surface area contributed by atoms with Crippen molar-refractivity contribution in [3.8, 4) is 11.5 Å². The van der Waals surface area contributed by atoms with E-state index in [2.05, 4.69) is 11.6 Å². The maximum Gasteiger partial charge on any atom is 0.243 e. The fourth-order valence-corrected chi connectivity index (χ4v) is 3.16. The molecule has 0 unspecified atom stereocenters. The number of ether oxygens (including phenoxy) is 2. The van der Waals surface area contributed by atoms with Crippen LogP contribution >= 0.6 is 0 Å². The number of aryl methyl sites for hydroxylation is 1. The van der Waals surface area contributed by atoms with Gasteiger partial charge in [0.05, 0.1) is 19.2 Å². The zero-order valence-electron chi connectivity index (χ0n) is 16.6. The number of hydrogen-bond acceptors (Lipinski definition) is 5. The monoisotopic (exact) mass is 392 g/mol. The number of benzene rings is 2. The minimum Gasteiger partial charge on any atom is -0.493 e. The van der Waals surface area contributed by atoms with E-state index in [9.17, 15) is 4.79 Å². The van der Waals surface area contributed by atoms with Crippen molar-refractivity contribution in [3.05, 3.63) is 71.9 Å². The molecular formula is C23H24N2O4. The largest absolute Gasteiger partial charge is 0.493 e. The molecule has 3 rings (SSSR count). The minimum atomic E-state index is -0.442. The Bertz CT molecular complexity index is 1050. The molecule has 1 amide bonds. The Labute approximate surface area is 169 Å². The molecule has 0 saturated carbocycles. The molecule has 6 nitrogen and oxygen atoms in total. The predicted molar refractivity (Wildman–Crippen MR) is 112 cm³/mol. The molecule has 0 saturated heterocycles. The first-order valence-electron chi connectivity index (χ1n) is 9.33. The van der Waals surface area contributed by atoms with Crippen LogP contribution in [0.3, 0.4) is 0 Å². The van der Waals surface area contributed by atoms with Crippen molar-refractivity contribution in [2.24, 2.45) is 0 Å². The fraction of sp³-hybridized carbons (Fsp3) is 0.217. The summed E-state index contributed by atoms with van der Waals surface area (Å²) in [6.45, 7) is 6.59. The summed E-state index contributed by atoms with van der Waals surface area (Å²) in [5.74, 6) is 0.734. The van der Waals surface area contributed by atoms with Gasteiger partial charge in [0.15, 0.2) is 11.5 Å². The third-order valence-corrected chi connectivity index (χ3v) is 4.61. The van der Waals surface area contributed by atoms with Gasteiger partial charge in [-0.15, -0.1) is 0 Å². The Morgan fingerprint density at radius 1 is 1.17 bits per heavy atom. The Kier molecular flexibility index (Phi) is 6.46. The molecule has 3 aromatic rings. The van der Waals surface area contributed by atoms with Crippen molar-refractivity contribution in [1.29, 1.82) is 0 Å².